The van der Waals surface area contributed by atoms with Crippen LogP contribution in [0.2, 0.25) is 0 Å². The molecule has 0 radical (unpaired) electrons. The molecule has 1 aromatic rings. The quantitative estimate of drug-likeness (QED) is 0.774. The van der Waals surface area contributed by atoms with Gasteiger partial charge in [-0.25, -0.2) is 8.42 Å². The Kier molecular flexibility index (Phi) is 3.16. The van der Waals surface area contributed by atoms with Crippen LogP contribution in [0, 0.1) is 6.92 Å². The van der Waals surface area contributed by atoms with Crippen molar-refractivity contribution >= 4 is 15.5 Å². The number of benzene rings is 1. The molecule has 78 valence electrons. The molecule has 0 aromatic heterocycles. The van der Waals surface area contributed by atoms with E-state index in [1.807, 2.05) is 13.0 Å². The van der Waals surface area contributed by atoms with E-state index < -0.39 is 9.84 Å². The van der Waals surface area contributed by atoms with Crippen molar-refractivity contribution in [1.29, 1.82) is 0 Å². The standard InChI is InChI=1S/C10H15NO2S/c1-3-14(12,13)7-9-5-4-8(2)10(11)6-9/h4-6H,3,7,11H2,1-2H3. The van der Waals surface area contributed by atoms with E-state index in [1.165, 1.54) is 0 Å². The molecule has 0 aliphatic rings. The van der Waals surface area contributed by atoms with Crippen LogP contribution < -0.4 is 5.73 Å². The fraction of sp³-hybridized carbons (Fsp3) is 0.400. The normalized spacial score (nSPS) is 11.6. The lowest BCUT2D eigenvalue weighted by atomic mass is 10.1. The molecule has 2 N–H and O–H groups in total. The van der Waals surface area contributed by atoms with Crippen LogP contribution in [0.3, 0.4) is 0 Å². The van der Waals surface area contributed by atoms with Gasteiger partial charge in [0.2, 0.25) is 0 Å². The van der Waals surface area contributed by atoms with Gasteiger partial charge in [0.15, 0.2) is 9.84 Å². The van der Waals surface area contributed by atoms with Gasteiger partial charge in [-0.05, 0) is 24.1 Å². The molecule has 14 heavy (non-hydrogen) atoms. The van der Waals surface area contributed by atoms with Crippen LogP contribution in [0.1, 0.15) is 18.1 Å². The van der Waals surface area contributed by atoms with Crippen LogP contribution in [0.15, 0.2) is 18.2 Å². The lowest BCUT2D eigenvalue weighted by molar-refractivity contribution is 0.596. The van der Waals surface area contributed by atoms with Gasteiger partial charge >= 0.3 is 0 Å². The van der Waals surface area contributed by atoms with E-state index in [-0.39, 0.29) is 11.5 Å². The van der Waals surface area contributed by atoms with Crippen molar-refractivity contribution in [2.45, 2.75) is 19.6 Å². The van der Waals surface area contributed by atoms with Gasteiger partial charge in [-0.1, -0.05) is 19.1 Å². The molecule has 0 atom stereocenters. The highest BCUT2D eigenvalue weighted by atomic mass is 32.2. The van der Waals surface area contributed by atoms with E-state index in [0.717, 1.165) is 11.1 Å². The Labute approximate surface area is 84.9 Å². The molecular formula is C10H15NO2S. The number of rotatable bonds is 3. The Balaban J connectivity index is 2.94. The third-order valence-electron chi connectivity index (χ3n) is 2.17. The van der Waals surface area contributed by atoms with Gasteiger partial charge in [0.1, 0.15) is 0 Å². The van der Waals surface area contributed by atoms with Crippen LogP contribution in [-0.2, 0) is 15.6 Å². The number of hydrogen-bond acceptors (Lipinski definition) is 3. The highest BCUT2D eigenvalue weighted by Gasteiger charge is 2.09. The van der Waals surface area contributed by atoms with Crippen LogP contribution >= 0.6 is 0 Å². The van der Waals surface area contributed by atoms with E-state index in [0.29, 0.717) is 5.69 Å². The zero-order chi connectivity index (χ0) is 10.8. The summed E-state index contributed by atoms with van der Waals surface area (Å²) in [6.45, 7) is 3.54. The Hall–Kier alpha value is -1.03. The second-order valence-electron chi connectivity index (χ2n) is 3.37. The average Bonchev–Trinajstić information content (AvgIpc) is 2.11. The predicted molar refractivity (Wildman–Crippen MR) is 58.8 cm³/mol. The number of sulfone groups is 1. The monoisotopic (exact) mass is 213 g/mol. The van der Waals surface area contributed by atoms with Crippen molar-refractivity contribution in [3.63, 3.8) is 0 Å². The predicted octanol–water partition coefficient (Wildman–Crippen LogP) is 1.51. The van der Waals surface area contributed by atoms with Gasteiger partial charge in [0.05, 0.1) is 5.75 Å². The zero-order valence-electron chi connectivity index (χ0n) is 8.45. The summed E-state index contributed by atoms with van der Waals surface area (Å²) in [6, 6.07) is 5.37. The summed E-state index contributed by atoms with van der Waals surface area (Å²) < 4.78 is 22.6. The summed E-state index contributed by atoms with van der Waals surface area (Å²) in [7, 11) is -2.96. The molecule has 0 unspecified atom stereocenters. The Morgan fingerprint density at radius 2 is 2.00 bits per heavy atom. The number of aryl methyl sites for hydroxylation is 1. The first kappa shape index (κ1) is 11.0. The maximum absolute atomic E-state index is 11.3. The minimum Gasteiger partial charge on any atom is -0.399 e. The Morgan fingerprint density at radius 3 is 2.50 bits per heavy atom. The Morgan fingerprint density at radius 1 is 1.36 bits per heavy atom. The Bertz CT molecular complexity index is 424. The summed E-state index contributed by atoms with van der Waals surface area (Å²) in [5.74, 6) is 0.245. The van der Waals surface area contributed by atoms with Crippen LogP contribution in [-0.4, -0.2) is 14.2 Å². The molecule has 0 aliphatic heterocycles. The summed E-state index contributed by atoms with van der Waals surface area (Å²) in [5.41, 5.74) is 8.07. The van der Waals surface area contributed by atoms with Crippen LogP contribution in [0.5, 0.6) is 0 Å². The van der Waals surface area contributed by atoms with Crippen molar-refractivity contribution < 1.29 is 8.42 Å². The first-order chi connectivity index (χ1) is 6.44. The van der Waals surface area contributed by atoms with Crippen molar-refractivity contribution in [3.05, 3.63) is 29.3 Å². The van der Waals surface area contributed by atoms with Gasteiger partial charge in [-0.2, -0.15) is 0 Å². The second kappa shape index (κ2) is 4.00. The minimum atomic E-state index is -2.96. The number of nitrogen functional groups attached to an aromatic ring is 1. The van der Waals surface area contributed by atoms with Gasteiger partial charge in [0.25, 0.3) is 0 Å². The summed E-state index contributed by atoms with van der Waals surface area (Å²) in [4.78, 5) is 0. The fourth-order valence-corrected chi connectivity index (χ4v) is 2.03. The SMILES string of the molecule is CCS(=O)(=O)Cc1ccc(C)c(N)c1. The van der Waals surface area contributed by atoms with E-state index in [1.54, 1.807) is 19.1 Å². The highest BCUT2D eigenvalue weighted by Crippen LogP contribution is 2.15. The van der Waals surface area contributed by atoms with E-state index >= 15 is 0 Å². The van der Waals surface area contributed by atoms with E-state index in [4.69, 9.17) is 5.73 Å². The smallest absolute Gasteiger partial charge is 0.154 e. The molecule has 0 fully saturated rings. The molecule has 0 heterocycles. The summed E-state index contributed by atoms with van der Waals surface area (Å²) in [5, 5.41) is 0. The fourth-order valence-electron chi connectivity index (χ4n) is 1.14. The van der Waals surface area contributed by atoms with Gasteiger partial charge < -0.3 is 5.73 Å². The number of hydrogen-bond donors (Lipinski definition) is 1. The number of anilines is 1. The lowest BCUT2D eigenvalue weighted by Crippen LogP contribution is -2.07. The average molecular weight is 213 g/mol. The van der Waals surface area contributed by atoms with Crippen molar-refractivity contribution in [1.82, 2.24) is 0 Å². The van der Waals surface area contributed by atoms with Gasteiger partial charge in [-0.15, -0.1) is 0 Å². The van der Waals surface area contributed by atoms with E-state index in [2.05, 4.69) is 0 Å². The largest absolute Gasteiger partial charge is 0.399 e. The zero-order valence-corrected chi connectivity index (χ0v) is 9.26. The van der Waals surface area contributed by atoms with Crippen molar-refractivity contribution in [2.75, 3.05) is 11.5 Å². The number of nitrogens with two attached hydrogens (primary N) is 1. The van der Waals surface area contributed by atoms with Crippen LogP contribution in [0.25, 0.3) is 0 Å². The maximum Gasteiger partial charge on any atom is 0.154 e. The maximum atomic E-state index is 11.3. The topological polar surface area (TPSA) is 60.2 Å². The molecule has 0 spiro atoms. The first-order valence-corrected chi connectivity index (χ1v) is 6.32. The van der Waals surface area contributed by atoms with E-state index in [9.17, 15) is 8.42 Å². The molecule has 0 bridgehead atoms. The molecule has 0 aliphatic carbocycles. The highest BCUT2D eigenvalue weighted by molar-refractivity contribution is 7.90. The molecule has 3 nitrogen and oxygen atoms in total. The third kappa shape index (κ3) is 2.73. The van der Waals surface area contributed by atoms with Crippen molar-refractivity contribution in [3.8, 4) is 0 Å². The molecule has 0 saturated carbocycles. The molecule has 1 rings (SSSR count). The minimum absolute atomic E-state index is 0.0774. The summed E-state index contributed by atoms with van der Waals surface area (Å²) >= 11 is 0. The molecule has 0 amide bonds. The van der Waals surface area contributed by atoms with Gasteiger partial charge in [0, 0.05) is 11.4 Å². The third-order valence-corrected chi connectivity index (χ3v) is 3.82. The van der Waals surface area contributed by atoms with Crippen LogP contribution in [0.4, 0.5) is 5.69 Å². The molecule has 1 aromatic carbocycles. The summed E-state index contributed by atoms with van der Waals surface area (Å²) in [6.07, 6.45) is 0. The molecule has 0 saturated heterocycles. The second-order valence-corrected chi connectivity index (χ2v) is 5.72. The van der Waals surface area contributed by atoms with Gasteiger partial charge in [-0.3, -0.25) is 0 Å². The molecular weight excluding hydrogens is 198 g/mol. The lowest BCUT2D eigenvalue weighted by Gasteiger charge is -2.04. The first-order valence-electron chi connectivity index (χ1n) is 4.50. The molecule has 4 heteroatoms. The van der Waals surface area contributed by atoms with Crippen molar-refractivity contribution in [2.24, 2.45) is 0 Å².